The number of aliphatic hydroxyl groups excluding tert-OH is 1. The molecule has 0 saturated carbocycles. The Morgan fingerprint density at radius 1 is 1.33 bits per heavy atom. The predicted octanol–water partition coefficient (Wildman–Crippen LogP) is 1.23. The maximum absolute atomic E-state index is 12.9. The van der Waals surface area contributed by atoms with Crippen molar-refractivity contribution < 1.29 is 34.0 Å². The molecule has 4 aliphatic rings. The Morgan fingerprint density at radius 3 is 2.67 bits per heavy atom. The van der Waals surface area contributed by atoms with Gasteiger partial charge in [-0.05, 0) is 26.3 Å². The smallest absolute Gasteiger partial charge is 0.318 e. The number of esters is 1. The summed E-state index contributed by atoms with van der Waals surface area (Å²) in [6.07, 6.45) is 2.51. The van der Waals surface area contributed by atoms with E-state index < -0.39 is 40.9 Å². The van der Waals surface area contributed by atoms with Crippen LogP contribution in [0.4, 0.5) is 0 Å². The van der Waals surface area contributed by atoms with Crippen molar-refractivity contribution in [3.8, 4) is 0 Å². The molecule has 2 fully saturated rings. The van der Waals surface area contributed by atoms with E-state index >= 15 is 0 Å². The Morgan fingerprint density at radius 2 is 2.04 bits per heavy atom. The maximum atomic E-state index is 12.9. The topological polar surface area (TPSA) is 102 Å². The number of carbonyl (C=O) groups is 2. The molecule has 0 aromatic heterocycles. The normalized spacial score (nSPS) is 48.4. The summed E-state index contributed by atoms with van der Waals surface area (Å²) in [6, 6.07) is 0. The maximum Gasteiger partial charge on any atom is 0.318 e. The second kappa shape index (κ2) is 5.65. The molecular weight excluding hydrogens is 352 g/mol. The first-order valence-electron chi connectivity index (χ1n) is 9.49. The number of rotatable bonds is 3. The third-order valence-electron chi connectivity index (χ3n) is 7.01. The molecule has 0 aromatic rings. The highest BCUT2D eigenvalue weighted by Gasteiger charge is 2.75. The fourth-order valence-corrected chi connectivity index (χ4v) is 5.08. The van der Waals surface area contributed by atoms with Crippen LogP contribution in [0.15, 0.2) is 23.5 Å². The van der Waals surface area contributed by atoms with Gasteiger partial charge in [0.2, 0.25) is 5.78 Å². The van der Waals surface area contributed by atoms with Crippen molar-refractivity contribution in [1.29, 1.82) is 0 Å². The van der Waals surface area contributed by atoms with E-state index in [9.17, 15) is 19.8 Å². The molecule has 2 N–H and O–H groups in total. The summed E-state index contributed by atoms with van der Waals surface area (Å²) >= 11 is 0. The lowest BCUT2D eigenvalue weighted by molar-refractivity contribution is -0.267. The molecule has 7 nitrogen and oxygen atoms in total. The first-order valence-corrected chi connectivity index (χ1v) is 9.49. The summed E-state index contributed by atoms with van der Waals surface area (Å²) in [6.45, 7) is 6.76. The Kier molecular flexibility index (Phi) is 3.91. The van der Waals surface area contributed by atoms with E-state index in [0.29, 0.717) is 17.8 Å². The Hall–Kier alpha value is -1.70. The summed E-state index contributed by atoms with van der Waals surface area (Å²) in [7, 11) is 0. The van der Waals surface area contributed by atoms with E-state index in [1.807, 2.05) is 13.8 Å². The highest BCUT2D eigenvalue weighted by atomic mass is 16.7. The zero-order valence-corrected chi connectivity index (χ0v) is 16.0. The molecule has 0 aromatic carbocycles. The predicted molar refractivity (Wildman–Crippen MR) is 93.1 cm³/mol. The van der Waals surface area contributed by atoms with Crippen molar-refractivity contribution in [3.63, 3.8) is 0 Å². The number of hydrogen-bond acceptors (Lipinski definition) is 7. The minimum Gasteiger partial charge on any atom is -0.479 e. The zero-order chi connectivity index (χ0) is 19.8. The van der Waals surface area contributed by atoms with Gasteiger partial charge in [-0.1, -0.05) is 13.8 Å². The van der Waals surface area contributed by atoms with Crippen molar-refractivity contribution in [1.82, 2.24) is 0 Å². The monoisotopic (exact) mass is 378 g/mol. The van der Waals surface area contributed by atoms with Crippen molar-refractivity contribution in [2.75, 3.05) is 6.61 Å². The van der Waals surface area contributed by atoms with Gasteiger partial charge in [-0.15, -0.1) is 0 Å². The summed E-state index contributed by atoms with van der Waals surface area (Å²) in [5.74, 6) is -2.94. The first kappa shape index (κ1) is 18.7. The Balaban J connectivity index is 1.88. The molecular formula is C20H26O7. The third kappa shape index (κ3) is 2.19. The van der Waals surface area contributed by atoms with Crippen molar-refractivity contribution >= 4 is 11.8 Å². The number of ether oxygens (including phenoxy) is 3. The van der Waals surface area contributed by atoms with Crippen LogP contribution in [-0.4, -0.2) is 52.2 Å². The van der Waals surface area contributed by atoms with Gasteiger partial charge in [0.25, 0.3) is 0 Å². The lowest BCUT2D eigenvalue weighted by atomic mass is 9.66. The van der Waals surface area contributed by atoms with E-state index in [1.54, 1.807) is 19.9 Å². The molecule has 148 valence electrons. The fourth-order valence-electron chi connectivity index (χ4n) is 5.08. The molecule has 27 heavy (non-hydrogen) atoms. The van der Waals surface area contributed by atoms with Crippen molar-refractivity contribution in [3.05, 3.63) is 23.5 Å². The largest absolute Gasteiger partial charge is 0.479 e. The molecule has 0 radical (unpaired) electrons. The number of fused-ring (bicyclic) bond motifs is 2. The lowest BCUT2D eigenvalue weighted by Crippen LogP contribution is -2.53. The summed E-state index contributed by atoms with van der Waals surface area (Å²) < 4.78 is 17.7. The van der Waals surface area contributed by atoms with Gasteiger partial charge >= 0.3 is 5.97 Å². The second-order valence-corrected chi connectivity index (χ2v) is 8.52. The molecule has 7 heteroatoms. The summed E-state index contributed by atoms with van der Waals surface area (Å²) in [5, 5.41) is 21.3. The van der Waals surface area contributed by atoms with Crippen LogP contribution >= 0.6 is 0 Å². The summed E-state index contributed by atoms with van der Waals surface area (Å²) in [4.78, 5) is 25.5. The van der Waals surface area contributed by atoms with Crippen LogP contribution in [-0.2, 0) is 23.8 Å². The minimum atomic E-state index is -1.70. The second-order valence-electron chi connectivity index (χ2n) is 8.52. The van der Waals surface area contributed by atoms with E-state index in [1.165, 1.54) is 6.08 Å². The van der Waals surface area contributed by atoms with Crippen LogP contribution in [0, 0.1) is 17.3 Å². The Labute approximate surface area is 158 Å². The fraction of sp³-hybridized carbons (Fsp3) is 0.700. The molecule has 4 heterocycles. The van der Waals surface area contributed by atoms with Gasteiger partial charge < -0.3 is 24.4 Å². The van der Waals surface area contributed by atoms with Gasteiger partial charge in [0.15, 0.2) is 11.4 Å². The molecule has 0 amide bonds. The average Bonchev–Trinajstić information content (AvgIpc) is 3.14. The standard InChI is InChI=1S/C20H26O7/c1-5-10(2)20(24)19(4)16-13(25-17(19)23)6-11(9-21)12-7-15(22)18(3,26-12)8-14(16)27-20/h6-7,10,13-14,16,21,24H,5,8-9H2,1-4H3/b11-6-/t10-,13+,14-,16-,18+,19+,20+/m0/s1. The van der Waals surface area contributed by atoms with E-state index in [0.717, 1.165) is 0 Å². The molecule has 2 saturated heterocycles. The van der Waals surface area contributed by atoms with E-state index in [2.05, 4.69) is 0 Å². The van der Waals surface area contributed by atoms with Crippen LogP contribution in [0.2, 0.25) is 0 Å². The molecule has 7 atom stereocenters. The van der Waals surface area contributed by atoms with Gasteiger partial charge in [-0.3, -0.25) is 9.59 Å². The summed E-state index contributed by atoms with van der Waals surface area (Å²) in [5.41, 5.74) is -2.04. The Bertz CT molecular complexity index is 770. The van der Waals surface area contributed by atoms with Gasteiger partial charge in [-0.25, -0.2) is 0 Å². The van der Waals surface area contributed by atoms with Gasteiger partial charge in [0, 0.05) is 29.9 Å². The third-order valence-corrected chi connectivity index (χ3v) is 7.01. The van der Waals surface area contributed by atoms with Gasteiger partial charge in [0.05, 0.1) is 12.7 Å². The zero-order valence-electron chi connectivity index (χ0n) is 16.0. The highest BCUT2D eigenvalue weighted by molar-refractivity contribution is 6.00. The highest BCUT2D eigenvalue weighted by Crippen LogP contribution is 2.61. The lowest BCUT2D eigenvalue weighted by Gasteiger charge is -2.38. The molecule has 0 spiro atoms. The average molecular weight is 378 g/mol. The van der Waals surface area contributed by atoms with Crippen LogP contribution in [0.25, 0.3) is 0 Å². The number of aliphatic hydroxyl groups is 2. The first-order chi connectivity index (χ1) is 12.6. The number of carbonyl (C=O) groups excluding carboxylic acids is 2. The van der Waals surface area contributed by atoms with Crippen LogP contribution in [0.1, 0.15) is 40.5 Å². The molecule has 4 aliphatic heterocycles. The minimum absolute atomic E-state index is 0.185. The van der Waals surface area contributed by atoms with Crippen molar-refractivity contribution in [2.45, 2.75) is 64.1 Å². The van der Waals surface area contributed by atoms with Crippen LogP contribution in [0.3, 0.4) is 0 Å². The molecule has 2 bridgehead atoms. The van der Waals surface area contributed by atoms with Crippen molar-refractivity contribution in [2.24, 2.45) is 17.3 Å². The molecule has 0 unspecified atom stereocenters. The quantitative estimate of drug-likeness (QED) is 0.712. The van der Waals surface area contributed by atoms with Gasteiger partial charge in [0.1, 0.15) is 17.3 Å². The van der Waals surface area contributed by atoms with E-state index in [4.69, 9.17) is 14.2 Å². The molecule has 4 rings (SSSR count). The van der Waals surface area contributed by atoms with Crippen LogP contribution < -0.4 is 0 Å². The van der Waals surface area contributed by atoms with E-state index in [-0.39, 0.29) is 24.7 Å². The SMILES string of the molecule is CC[C@H](C)[C@@]1(O)O[C@H]2C[C@@]3(C)OC(=CC3=O)/C(CO)=C\[C@H]3OC(=O)[C@@]1(C)[C@H]23. The van der Waals surface area contributed by atoms with Crippen LogP contribution in [0.5, 0.6) is 0 Å². The number of hydrogen-bond donors (Lipinski definition) is 2. The van der Waals surface area contributed by atoms with Gasteiger partial charge in [-0.2, -0.15) is 0 Å². The molecule has 0 aliphatic carbocycles. The number of ketones is 1.